The number of aryl methyl sites for hydroxylation is 1. The average Bonchev–Trinajstić information content (AvgIpc) is 2.30. The summed E-state index contributed by atoms with van der Waals surface area (Å²) < 4.78 is 5.13. The Labute approximate surface area is 99.0 Å². The smallest absolute Gasteiger partial charge is 0.0465 e. The highest BCUT2D eigenvalue weighted by Gasteiger charge is 2.16. The second-order valence-electron chi connectivity index (χ2n) is 4.44. The van der Waals surface area contributed by atoms with Gasteiger partial charge in [-0.05, 0) is 31.9 Å². The van der Waals surface area contributed by atoms with Crippen molar-refractivity contribution in [1.29, 1.82) is 0 Å². The van der Waals surface area contributed by atoms with Crippen LogP contribution in [0, 0.1) is 12.8 Å². The lowest BCUT2D eigenvalue weighted by molar-refractivity contribution is 0.171. The Morgan fingerprint density at radius 3 is 2.38 bits per heavy atom. The maximum atomic E-state index is 5.13. The van der Waals surface area contributed by atoms with Crippen molar-refractivity contribution in [3.63, 3.8) is 0 Å². The monoisotopic (exact) mass is 221 g/mol. The largest absolute Gasteiger partial charge is 0.385 e. The number of hydrogen-bond donors (Lipinski definition) is 1. The maximum absolute atomic E-state index is 5.13. The summed E-state index contributed by atoms with van der Waals surface area (Å²) in [5.74, 6) is 0.577. The lowest BCUT2D eigenvalue weighted by Gasteiger charge is -2.24. The average molecular weight is 221 g/mol. The molecule has 1 aromatic carbocycles. The van der Waals surface area contributed by atoms with Crippen LogP contribution in [0.2, 0.25) is 0 Å². The molecule has 1 aromatic rings. The molecule has 0 saturated heterocycles. The Balaban J connectivity index is 2.69. The molecule has 0 aliphatic rings. The van der Waals surface area contributed by atoms with Crippen LogP contribution in [-0.4, -0.2) is 20.8 Å². The quantitative estimate of drug-likeness (QED) is 0.797. The van der Waals surface area contributed by atoms with Crippen LogP contribution < -0.4 is 5.32 Å². The van der Waals surface area contributed by atoms with E-state index in [2.05, 4.69) is 43.4 Å². The van der Waals surface area contributed by atoms with Crippen molar-refractivity contribution in [2.45, 2.75) is 26.3 Å². The third kappa shape index (κ3) is 3.62. The number of ether oxygens (including phenoxy) is 1. The first-order valence-electron chi connectivity index (χ1n) is 5.91. The van der Waals surface area contributed by atoms with E-state index in [1.54, 1.807) is 7.11 Å². The van der Waals surface area contributed by atoms with Gasteiger partial charge in [-0.3, -0.25) is 0 Å². The van der Waals surface area contributed by atoms with Crippen molar-refractivity contribution in [3.8, 4) is 0 Å². The number of rotatable bonds is 6. The second kappa shape index (κ2) is 6.66. The van der Waals surface area contributed by atoms with Crippen LogP contribution in [0.15, 0.2) is 24.3 Å². The molecule has 0 heterocycles. The molecular weight excluding hydrogens is 198 g/mol. The first-order valence-corrected chi connectivity index (χ1v) is 5.91. The normalized spacial score (nSPS) is 14.8. The summed E-state index contributed by atoms with van der Waals surface area (Å²) in [4.78, 5) is 0. The van der Waals surface area contributed by atoms with Crippen molar-refractivity contribution in [2.75, 3.05) is 20.8 Å². The zero-order chi connectivity index (χ0) is 12.0. The topological polar surface area (TPSA) is 21.3 Å². The molecule has 0 spiro atoms. The summed E-state index contributed by atoms with van der Waals surface area (Å²) in [6.45, 7) is 5.21. The Hall–Kier alpha value is -0.860. The highest BCUT2D eigenvalue weighted by molar-refractivity contribution is 5.24. The Kier molecular flexibility index (Phi) is 5.50. The maximum Gasteiger partial charge on any atom is 0.0465 e. The standard InChI is InChI=1S/C14H23NO/c1-11-5-7-13(8-6-11)14(15-3)12(2)9-10-16-4/h5-8,12,14-15H,9-10H2,1-4H3. The molecule has 1 rings (SSSR count). The molecule has 0 radical (unpaired) electrons. The number of nitrogens with one attached hydrogen (secondary N) is 1. The zero-order valence-corrected chi connectivity index (χ0v) is 10.8. The fourth-order valence-corrected chi connectivity index (χ4v) is 2.02. The molecular formula is C14H23NO. The van der Waals surface area contributed by atoms with E-state index in [-0.39, 0.29) is 0 Å². The first-order chi connectivity index (χ1) is 7.69. The van der Waals surface area contributed by atoms with E-state index in [1.807, 2.05) is 7.05 Å². The van der Waals surface area contributed by atoms with Crippen molar-refractivity contribution >= 4 is 0 Å². The molecule has 0 fully saturated rings. The minimum Gasteiger partial charge on any atom is -0.385 e. The minimum absolute atomic E-state index is 0.413. The van der Waals surface area contributed by atoms with Crippen molar-refractivity contribution in [2.24, 2.45) is 5.92 Å². The molecule has 2 atom stereocenters. The Bertz CT molecular complexity index is 294. The predicted octanol–water partition coefficient (Wildman–Crippen LogP) is 2.93. The molecule has 0 amide bonds. The van der Waals surface area contributed by atoms with E-state index in [1.165, 1.54) is 11.1 Å². The molecule has 0 aromatic heterocycles. The molecule has 0 saturated carbocycles. The molecule has 2 heteroatoms. The van der Waals surface area contributed by atoms with E-state index < -0.39 is 0 Å². The van der Waals surface area contributed by atoms with E-state index in [4.69, 9.17) is 4.74 Å². The van der Waals surface area contributed by atoms with Crippen LogP contribution in [0.25, 0.3) is 0 Å². The van der Waals surface area contributed by atoms with Gasteiger partial charge in [0.05, 0.1) is 0 Å². The van der Waals surface area contributed by atoms with E-state index >= 15 is 0 Å². The fraction of sp³-hybridized carbons (Fsp3) is 0.571. The van der Waals surface area contributed by atoms with Gasteiger partial charge in [-0.2, -0.15) is 0 Å². The Morgan fingerprint density at radius 2 is 1.88 bits per heavy atom. The number of methoxy groups -OCH3 is 1. The molecule has 0 aliphatic carbocycles. The van der Waals surface area contributed by atoms with Gasteiger partial charge in [-0.25, -0.2) is 0 Å². The summed E-state index contributed by atoms with van der Waals surface area (Å²) >= 11 is 0. The summed E-state index contributed by atoms with van der Waals surface area (Å²) in [7, 11) is 3.78. The van der Waals surface area contributed by atoms with Gasteiger partial charge in [0, 0.05) is 19.8 Å². The van der Waals surface area contributed by atoms with Gasteiger partial charge >= 0.3 is 0 Å². The SMILES string of the molecule is CNC(c1ccc(C)cc1)C(C)CCOC. The summed E-state index contributed by atoms with van der Waals surface area (Å²) in [5.41, 5.74) is 2.67. The van der Waals surface area contributed by atoms with Crippen LogP contribution in [0.3, 0.4) is 0 Å². The number of hydrogen-bond acceptors (Lipinski definition) is 2. The van der Waals surface area contributed by atoms with E-state index in [9.17, 15) is 0 Å². The van der Waals surface area contributed by atoms with Crippen molar-refractivity contribution < 1.29 is 4.74 Å². The predicted molar refractivity (Wildman–Crippen MR) is 68.6 cm³/mol. The molecule has 2 unspecified atom stereocenters. The summed E-state index contributed by atoms with van der Waals surface area (Å²) in [6.07, 6.45) is 1.08. The van der Waals surface area contributed by atoms with Gasteiger partial charge < -0.3 is 10.1 Å². The molecule has 16 heavy (non-hydrogen) atoms. The van der Waals surface area contributed by atoms with E-state index in [0.717, 1.165) is 13.0 Å². The molecule has 0 bridgehead atoms. The fourth-order valence-electron chi connectivity index (χ4n) is 2.02. The third-order valence-electron chi connectivity index (χ3n) is 3.09. The van der Waals surface area contributed by atoms with E-state index in [0.29, 0.717) is 12.0 Å². The van der Waals surface area contributed by atoms with Gasteiger partial charge in [0.25, 0.3) is 0 Å². The van der Waals surface area contributed by atoms with Crippen LogP contribution in [-0.2, 0) is 4.74 Å². The third-order valence-corrected chi connectivity index (χ3v) is 3.09. The van der Waals surface area contributed by atoms with Crippen molar-refractivity contribution in [1.82, 2.24) is 5.32 Å². The second-order valence-corrected chi connectivity index (χ2v) is 4.44. The highest BCUT2D eigenvalue weighted by Crippen LogP contribution is 2.24. The summed E-state index contributed by atoms with van der Waals surface area (Å²) in [6, 6.07) is 9.17. The lowest BCUT2D eigenvalue weighted by Crippen LogP contribution is -2.24. The van der Waals surface area contributed by atoms with Gasteiger partial charge in [0.1, 0.15) is 0 Å². The van der Waals surface area contributed by atoms with Gasteiger partial charge in [-0.15, -0.1) is 0 Å². The lowest BCUT2D eigenvalue weighted by atomic mass is 9.92. The molecule has 0 aliphatic heterocycles. The number of benzene rings is 1. The molecule has 90 valence electrons. The van der Waals surface area contributed by atoms with Crippen LogP contribution >= 0.6 is 0 Å². The Morgan fingerprint density at radius 1 is 1.25 bits per heavy atom. The van der Waals surface area contributed by atoms with Crippen LogP contribution in [0.5, 0.6) is 0 Å². The van der Waals surface area contributed by atoms with Crippen LogP contribution in [0.4, 0.5) is 0 Å². The summed E-state index contributed by atoms with van der Waals surface area (Å²) in [5, 5.41) is 3.39. The van der Waals surface area contributed by atoms with Gasteiger partial charge in [0.2, 0.25) is 0 Å². The highest BCUT2D eigenvalue weighted by atomic mass is 16.5. The first kappa shape index (κ1) is 13.2. The minimum atomic E-state index is 0.413. The zero-order valence-electron chi connectivity index (χ0n) is 10.8. The molecule has 1 N–H and O–H groups in total. The van der Waals surface area contributed by atoms with Crippen molar-refractivity contribution in [3.05, 3.63) is 35.4 Å². The van der Waals surface area contributed by atoms with Gasteiger partial charge in [0.15, 0.2) is 0 Å². The molecule has 2 nitrogen and oxygen atoms in total. The van der Waals surface area contributed by atoms with Gasteiger partial charge in [-0.1, -0.05) is 36.8 Å². The van der Waals surface area contributed by atoms with Crippen LogP contribution in [0.1, 0.15) is 30.5 Å².